The molecule has 0 saturated heterocycles. The fraction of sp³-hybridized carbons (Fsp3) is 0.0741. The maximum Gasteiger partial charge on any atom is 0.193 e. The van der Waals surface area contributed by atoms with E-state index in [-0.39, 0.29) is 5.43 Å². The minimum Gasteiger partial charge on any atom is -0.453 e. The van der Waals surface area contributed by atoms with E-state index < -0.39 is 0 Å². The molecule has 4 heterocycles. The molecule has 0 atom stereocenters. The highest BCUT2D eigenvalue weighted by Crippen LogP contribution is 2.41. The maximum atomic E-state index is 13.6. The molecule has 3 aromatic heterocycles. The van der Waals surface area contributed by atoms with Gasteiger partial charge in [-0.1, -0.05) is 28.1 Å². The summed E-state index contributed by atoms with van der Waals surface area (Å²) in [5, 5.41) is 0.651. The number of ether oxygens (including phenoxy) is 1. The summed E-state index contributed by atoms with van der Waals surface area (Å²) in [5.74, 6) is 1.44. The summed E-state index contributed by atoms with van der Waals surface area (Å²) in [6, 6.07) is 17.8. The summed E-state index contributed by atoms with van der Waals surface area (Å²) in [6.07, 6.45) is 10.3. The van der Waals surface area contributed by atoms with Crippen molar-refractivity contribution < 1.29 is 4.74 Å². The number of pyridine rings is 3. The molecule has 0 bridgehead atoms. The number of halogens is 1. The van der Waals surface area contributed by atoms with Gasteiger partial charge in [0, 0.05) is 47.4 Å². The summed E-state index contributed by atoms with van der Waals surface area (Å²) < 4.78 is 9.31. The molecular formula is C27H18BrN3O2. The fourth-order valence-electron chi connectivity index (χ4n) is 4.38. The van der Waals surface area contributed by atoms with Gasteiger partial charge in [-0.15, -0.1) is 0 Å². The number of nitrogens with zero attached hydrogens (tertiary/aromatic N) is 3. The Balaban J connectivity index is 1.59. The first-order valence-electron chi connectivity index (χ1n) is 10.6. The van der Waals surface area contributed by atoms with E-state index in [0.717, 1.165) is 38.1 Å². The number of fused-ring (bicyclic) bond motifs is 2. The molecule has 6 rings (SSSR count). The van der Waals surface area contributed by atoms with Gasteiger partial charge in [0.15, 0.2) is 16.9 Å². The van der Waals surface area contributed by atoms with Crippen LogP contribution in [0.5, 0.6) is 11.5 Å². The Hall–Kier alpha value is -3.77. The molecule has 0 spiro atoms. The molecule has 0 saturated carbocycles. The van der Waals surface area contributed by atoms with Gasteiger partial charge in [-0.2, -0.15) is 0 Å². The molecular weight excluding hydrogens is 478 g/mol. The highest BCUT2D eigenvalue weighted by molar-refractivity contribution is 9.10. The van der Waals surface area contributed by atoms with Crippen LogP contribution in [0.25, 0.3) is 16.6 Å². The quantitative estimate of drug-likeness (QED) is 0.308. The molecule has 6 heteroatoms. The van der Waals surface area contributed by atoms with E-state index in [1.807, 2.05) is 67.0 Å². The molecule has 2 aromatic carbocycles. The summed E-state index contributed by atoms with van der Waals surface area (Å²) in [4.78, 5) is 22.1. The highest BCUT2D eigenvalue weighted by Gasteiger charge is 2.23. The van der Waals surface area contributed by atoms with Crippen LogP contribution in [0.4, 0.5) is 0 Å². The minimum absolute atomic E-state index is 0.0152. The number of rotatable bonds is 4. The lowest BCUT2D eigenvalue weighted by Crippen LogP contribution is -2.18. The standard InChI is InChI=1S/C27H18BrN3O2/c28-21-5-6-24-23(13-21)31-16-20(10-18-4-2-8-30-15-18)27(32)22-11-19(12-25(33-24)26(22)31)9-17-3-1-7-29-14-17/h1-8,11-16H,9-10H2. The number of benzene rings is 2. The van der Waals surface area contributed by atoms with Crippen LogP contribution in [-0.4, -0.2) is 14.5 Å². The lowest BCUT2D eigenvalue weighted by Gasteiger charge is -2.25. The van der Waals surface area contributed by atoms with E-state index in [1.54, 1.807) is 18.6 Å². The fourth-order valence-corrected chi connectivity index (χ4v) is 4.73. The molecule has 0 aliphatic carbocycles. The summed E-state index contributed by atoms with van der Waals surface area (Å²) in [6.45, 7) is 0. The first-order chi connectivity index (χ1) is 16.2. The zero-order valence-corrected chi connectivity index (χ0v) is 19.1. The van der Waals surface area contributed by atoms with Gasteiger partial charge in [0.1, 0.15) is 5.52 Å². The van der Waals surface area contributed by atoms with Crippen LogP contribution in [-0.2, 0) is 12.8 Å². The van der Waals surface area contributed by atoms with Crippen molar-refractivity contribution in [1.29, 1.82) is 0 Å². The van der Waals surface area contributed by atoms with Crippen LogP contribution < -0.4 is 10.2 Å². The highest BCUT2D eigenvalue weighted by atomic mass is 79.9. The molecule has 33 heavy (non-hydrogen) atoms. The topological polar surface area (TPSA) is 57.0 Å². The monoisotopic (exact) mass is 495 g/mol. The molecule has 160 valence electrons. The first kappa shape index (κ1) is 19.9. The lowest BCUT2D eigenvalue weighted by atomic mass is 9.99. The zero-order valence-electron chi connectivity index (χ0n) is 17.5. The van der Waals surface area contributed by atoms with Crippen molar-refractivity contribution in [3.05, 3.63) is 123 Å². The average Bonchev–Trinajstić information content (AvgIpc) is 2.83. The van der Waals surface area contributed by atoms with Crippen LogP contribution in [0.3, 0.4) is 0 Å². The van der Waals surface area contributed by atoms with E-state index in [9.17, 15) is 4.79 Å². The second-order valence-electron chi connectivity index (χ2n) is 8.13. The summed E-state index contributed by atoms with van der Waals surface area (Å²) in [5.41, 5.74) is 5.50. The SMILES string of the molecule is O=c1c(Cc2cccnc2)cn2c3c(cc(Cc4cccnc4)cc13)Oc1ccc(Br)cc1-2. The van der Waals surface area contributed by atoms with Crippen molar-refractivity contribution in [2.45, 2.75) is 12.8 Å². The lowest BCUT2D eigenvalue weighted by molar-refractivity contribution is 0.474. The molecule has 1 aliphatic rings. The van der Waals surface area contributed by atoms with Gasteiger partial charge in [0.05, 0.1) is 11.1 Å². The van der Waals surface area contributed by atoms with Gasteiger partial charge >= 0.3 is 0 Å². The molecule has 5 aromatic rings. The molecule has 0 amide bonds. The Labute approximate surface area is 198 Å². The Morgan fingerprint density at radius 2 is 1.61 bits per heavy atom. The Bertz CT molecular complexity index is 1560. The largest absolute Gasteiger partial charge is 0.453 e. The van der Waals surface area contributed by atoms with Crippen molar-refractivity contribution >= 4 is 26.8 Å². The van der Waals surface area contributed by atoms with Gasteiger partial charge in [-0.3, -0.25) is 14.8 Å². The van der Waals surface area contributed by atoms with Gasteiger partial charge in [0.25, 0.3) is 0 Å². The first-order valence-corrected chi connectivity index (χ1v) is 11.4. The molecule has 1 aliphatic heterocycles. The molecule has 5 nitrogen and oxygen atoms in total. The van der Waals surface area contributed by atoms with E-state index in [2.05, 4.69) is 30.5 Å². The van der Waals surface area contributed by atoms with Gasteiger partial charge in [-0.05, 0) is 65.6 Å². The van der Waals surface area contributed by atoms with Crippen LogP contribution >= 0.6 is 15.9 Å². The van der Waals surface area contributed by atoms with Gasteiger partial charge in [-0.25, -0.2) is 0 Å². The third-order valence-electron chi connectivity index (χ3n) is 5.85. The predicted molar refractivity (Wildman–Crippen MR) is 131 cm³/mol. The molecule has 0 unspecified atom stereocenters. The second kappa shape index (κ2) is 7.98. The van der Waals surface area contributed by atoms with E-state index in [4.69, 9.17) is 4.74 Å². The second-order valence-corrected chi connectivity index (χ2v) is 9.05. The van der Waals surface area contributed by atoms with Crippen molar-refractivity contribution in [1.82, 2.24) is 14.5 Å². The number of hydrogen-bond donors (Lipinski definition) is 0. The number of hydrogen-bond acceptors (Lipinski definition) is 4. The smallest absolute Gasteiger partial charge is 0.193 e. The van der Waals surface area contributed by atoms with E-state index >= 15 is 0 Å². The van der Waals surface area contributed by atoms with Crippen molar-refractivity contribution in [2.24, 2.45) is 0 Å². The normalized spacial score (nSPS) is 11.8. The van der Waals surface area contributed by atoms with Crippen LogP contribution in [0, 0.1) is 0 Å². The Morgan fingerprint density at radius 3 is 2.33 bits per heavy atom. The Morgan fingerprint density at radius 1 is 0.848 bits per heavy atom. The summed E-state index contributed by atoms with van der Waals surface area (Å²) >= 11 is 3.57. The Kier molecular flexibility index (Phi) is 4.80. The molecule has 0 fully saturated rings. The van der Waals surface area contributed by atoms with Gasteiger partial charge in [0.2, 0.25) is 0 Å². The third kappa shape index (κ3) is 3.62. The minimum atomic E-state index is 0.0152. The van der Waals surface area contributed by atoms with E-state index in [1.165, 1.54) is 0 Å². The third-order valence-corrected chi connectivity index (χ3v) is 6.34. The van der Waals surface area contributed by atoms with Crippen molar-refractivity contribution in [2.75, 3.05) is 0 Å². The van der Waals surface area contributed by atoms with Crippen LogP contribution in [0.1, 0.15) is 22.3 Å². The van der Waals surface area contributed by atoms with Crippen molar-refractivity contribution in [3.8, 4) is 17.2 Å². The predicted octanol–water partition coefficient (Wildman–Crippen LogP) is 5.83. The molecule has 0 N–H and O–H groups in total. The van der Waals surface area contributed by atoms with Crippen molar-refractivity contribution in [3.63, 3.8) is 0 Å². The maximum absolute atomic E-state index is 13.6. The van der Waals surface area contributed by atoms with E-state index in [0.29, 0.717) is 29.5 Å². The zero-order chi connectivity index (χ0) is 22.4. The molecule has 0 radical (unpaired) electrons. The van der Waals surface area contributed by atoms with Crippen LogP contribution in [0.2, 0.25) is 0 Å². The summed E-state index contributed by atoms with van der Waals surface area (Å²) in [7, 11) is 0. The number of aromatic nitrogens is 3. The average molecular weight is 496 g/mol. The van der Waals surface area contributed by atoms with Crippen LogP contribution in [0.15, 0.2) is 94.8 Å². The van der Waals surface area contributed by atoms with Gasteiger partial charge < -0.3 is 9.30 Å².